The molecule has 138 valence electrons. The van der Waals surface area contributed by atoms with E-state index in [4.69, 9.17) is 4.74 Å². The fraction of sp³-hybridized carbons (Fsp3) is 0.350. The van der Waals surface area contributed by atoms with Gasteiger partial charge in [0.1, 0.15) is 5.75 Å². The number of hydrogen-bond donors (Lipinski definition) is 0. The van der Waals surface area contributed by atoms with Gasteiger partial charge in [0, 0.05) is 18.2 Å². The molecule has 2 aromatic carbocycles. The third-order valence-corrected chi connectivity index (χ3v) is 6.38. The van der Waals surface area contributed by atoms with Gasteiger partial charge in [-0.05, 0) is 56.2 Å². The van der Waals surface area contributed by atoms with E-state index in [2.05, 4.69) is 0 Å². The maximum absolute atomic E-state index is 12.8. The number of sulfone groups is 1. The van der Waals surface area contributed by atoms with Crippen LogP contribution in [-0.4, -0.2) is 44.2 Å². The Morgan fingerprint density at radius 3 is 2.46 bits per heavy atom. The molecule has 1 heterocycles. The quantitative estimate of drug-likeness (QED) is 0.780. The highest BCUT2D eigenvalue weighted by Crippen LogP contribution is 2.24. The number of carbonyl (C=O) groups excluding carboxylic acids is 1. The first-order valence-corrected chi connectivity index (χ1v) is 10.5. The van der Waals surface area contributed by atoms with Crippen molar-refractivity contribution in [3.8, 4) is 5.75 Å². The molecule has 0 aromatic heterocycles. The van der Waals surface area contributed by atoms with Gasteiger partial charge in [0.2, 0.25) is 0 Å². The summed E-state index contributed by atoms with van der Waals surface area (Å²) in [6.45, 7) is 3.06. The summed E-state index contributed by atoms with van der Waals surface area (Å²) in [5.41, 5.74) is 0.553. The number of benzene rings is 2. The molecule has 3 rings (SSSR count). The van der Waals surface area contributed by atoms with Gasteiger partial charge in [0.25, 0.3) is 5.91 Å². The van der Waals surface area contributed by atoms with E-state index in [0.29, 0.717) is 35.8 Å². The Bertz CT molecular complexity index is 847. The van der Waals surface area contributed by atoms with Crippen LogP contribution < -0.4 is 4.74 Å². The van der Waals surface area contributed by atoms with Crippen molar-refractivity contribution in [1.29, 1.82) is 0 Å². The van der Waals surface area contributed by atoms with Crippen LogP contribution >= 0.6 is 0 Å². The predicted molar refractivity (Wildman–Crippen MR) is 100 cm³/mol. The second-order valence-electron chi connectivity index (χ2n) is 6.35. The van der Waals surface area contributed by atoms with E-state index in [-0.39, 0.29) is 17.7 Å². The molecule has 1 fully saturated rings. The molecule has 1 unspecified atom stereocenters. The minimum Gasteiger partial charge on any atom is -0.494 e. The van der Waals surface area contributed by atoms with E-state index in [9.17, 15) is 13.2 Å². The van der Waals surface area contributed by atoms with Crippen LogP contribution in [-0.2, 0) is 9.84 Å². The number of hydrogen-bond acceptors (Lipinski definition) is 4. The summed E-state index contributed by atoms with van der Waals surface area (Å²) in [6, 6.07) is 15.1. The molecule has 0 aliphatic carbocycles. The average molecular weight is 373 g/mol. The molecule has 6 heteroatoms. The number of amides is 1. The zero-order valence-corrected chi connectivity index (χ0v) is 15.6. The molecular weight excluding hydrogens is 350 g/mol. The molecule has 0 saturated carbocycles. The van der Waals surface area contributed by atoms with Gasteiger partial charge in [-0.1, -0.05) is 18.2 Å². The second kappa shape index (κ2) is 7.91. The van der Waals surface area contributed by atoms with Crippen LogP contribution in [0.2, 0.25) is 0 Å². The Kier molecular flexibility index (Phi) is 5.61. The van der Waals surface area contributed by atoms with E-state index >= 15 is 0 Å². The van der Waals surface area contributed by atoms with E-state index < -0.39 is 9.84 Å². The van der Waals surface area contributed by atoms with Crippen LogP contribution in [0.5, 0.6) is 5.75 Å². The minimum absolute atomic E-state index is 0.0419. The number of carbonyl (C=O) groups is 1. The van der Waals surface area contributed by atoms with Crippen molar-refractivity contribution in [2.24, 2.45) is 0 Å². The molecule has 0 radical (unpaired) electrons. The van der Waals surface area contributed by atoms with E-state index in [1.165, 1.54) is 0 Å². The van der Waals surface area contributed by atoms with Gasteiger partial charge in [-0.25, -0.2) is 8.42 Å². The zero-order chi connectivity index (χ0) is 18.6. The summed E-state index contributed by atoms with van der Waals surface area (Å²) >= 11 is 0. The monoisotopic (exact) mass is 373 g/mol. The third-order valence-electron chi connectivity index (χ3n) is 4.56. The molecular formula is C20H23NO4S. The fourth-order valence-electron chi connectivity index (χ4n) is 3.28. The van der Waals surface area contributed by atoms with Crippen molar-refractivity contribution in [2.75, 3.05) is 18.9 Å². The van der Waals surface area contributed by atoms with E-state index in [0.717, 1.165) is 6.42 Å². The van der Waals surface area contributed by atoms with Gasteiger partial charge in [-0.15, -0.1) is 0 Å². The number of nitrogens with zero attached hydrogens (tertiary/aromatic N) is 1. The van der Waals surface area contributed by atoms with Gasteiger partial charge in [-0.2, -0.15) is 0 Å². The van der Waals surface area contributed by atoms with Gasteiger partial charge in [0.15, 0.2) is 9.84 Å². The fourth-order valence-corrected chi connectivity index (χ4v) is 4.90. The molecule has 2 aromatic rings. The van der Waals surface area contributed by atoms with Gasteiger partial charge >= 0.3 is 0 Å². The molecule has 0 spiro atoms. The van der Waals surface area contributed by atoms with Crippen LogP contribution in [0, 0.1) is 0 Å². The highest BCUT2D eigenvalue weighted by Gasteiger charge is 2.33. The lowest BCUT2D eigenvalue weighted by Gasteiger charge is -2.25. The first-order chi connectivity index (χ1) is 12.5. The van der Waals surface area contributed by atoms with Crippen molar-refractivity contribution in [3.05, 3.63) is 60.2 Å². The van der Waals surface area contributed by atoms with Crippen molar-refractivity contribution in [1.82, 2.24) is 4.90 Å². The summed E-state index contributed by atoms with van der Waals surface area (Å²) in [6.07, 6.45) is 1.52. The van der Waals surface area contributed by atoms with E-state index in [1.807, 2.05) is 6.92 Å². The topological polar surface area (TPSA) is 63.7 Å². The van der Waals surface area contributed by atoms with Crippen molar-refractivity contribution >= 4 is 15.7 Å². The lowest BCUT2D eigenvalue weighted by atomic mass is 10.1. The number of ether oxygens (including phenoxy) is 1. The zero-order valence-electron chi connectivity index (χ0n) is 14.8. The summed E-state index contributed by atoms with van der Waals surface area (Å²) in [5.74, 6) is 0.548. The second-order valence-corrected chi connectivity index (χ2v) is 8.38. The molecule has 0 bridgehead atoms. The smallest absolute Gasteiger partial charge is 0.254 e. The van der Waals surface area contributed by atoms with Crippen LogP contribution in [0.3, 0.4) is 0 Å². The Morgan fingerprint density at radius 2 is 1.81 bits per heavy atom. The third kappa shape index (κ3) is 4.07. The van der Waals surface area contributed by atoms with Crippen molar-refractivity contribution in [3.63, 3.8) is 0 Å². The van der Waals surface area contributed by atoms with E-state index in [1.54, 1.807) is 59.5 Å². The van der Waals surface area contributed by atoms with Crippen LogP contribution in [0.25, 0.3) is 0 Å². The first kappa shape index (κ1) is 18.5. The van der Waals surface area contributed by atoms with Crippen molar-refractivity contribution in [2.45, 2.75) is 30.7 Å². The lowest BCUT2D eigenvalue weighted by Crippen LogP contribution is -2.39. The normalized spacial score (nSPS) is 17.3. The van der Waals surface area contributed by atoms with Crippen molar-refractivity contribution < 1.29 is 17.9 Å². The first-order valence-electron chi connectivity index (χ1n) is 8.83. The number of likely N-dealkylation sites (tertiary alicyclic amines) is 1. The summed E-state index contributed by atoms with van der Waals surface area (Å²) in [4.78, 5) is 14.8. The Morgan fingerprint density at radius 1 is 1.12 bits per heavy atom. The summed E-state index contributed by atoms with van der Waals surface area (Å²) < 4.78 is 30.7. The highest BCUT2D eigenvalue weighted by molar-refractivity contribution is 7.91. The molecule has 26 heavy (non-hydrogen) atoms. The molecule has 1 aliphatic rings. The Hall–Kier alpha value is -2.34. The van der Waals surface area contributed by atoms with Crippen LogP contribution in [0.1, 0.15) is 30.1 Å². The maximum atomic E-state index is 12.8. The standard InChI is InChI=1S/C20H23NO4S/c1-2-25-18-12-10-16(11-13-18)20(22)21-14-6-7-17(21)15-26(23,24)19-8-4-3-5-9-19/h3-5,8-13,17H,2,6-7,14-15H2,1H3. The minimum atomic E-state index is -3.42. The molecule has 1 aliphatic heterocycles. The Balaban J connectivity index is 1.74. The predicted octanol–water partition coefficient (Wildman–Crippen LogP) is 3.16. The SMILES string of the molecule is CCOc1ccc(C(=O)N2CCCC2CS(=O)(=O)c2ccccc2)cc1. The van der Waals surface area contributed by atoms with Gasteiger partial charge in [0.05, 0.1) is 17.3 Å². The molecule has 1 saturated heterocycles. The maximum Gasteiger partial charge on any atom is 0.254 e. The number of rotatable bonds is 6. The van der Waals surface area contributed by atoms with Crippen LogP contribution in [0.15, 0.2) is 59.5 Å². The lowest BCUT2D eigenvalue weighted by molar-refractivity contribution is 0.0749. The average Bonchev–Trinajstić information content (AvgIpc) is 3.10. The highest BCUT2D eigenvalue weighted by atomic mass is 32.2. The summed E-state index contributed by atoms with van der Waals surface area (Å²) in [7, 11) is -3.42. The largest absolute Gasteiger partial charge is 0.494 e. The molecule has 0 N–H and O–H groups in total. The summed E-state index contributed by atoms with van der Waals surface area (Å²) in [5, 5.41) is 0. The Labute approximate surface area is 154 Å². The molecule has 5 nitrogen and oxygen atoms in total. The van der Waals surface area contributed by atoms with Gasteiger partial charge in [-0.3, -0.25) is 4.79 Å². The molecule has 1 amide bonds. The van der Waals surface area contributed by atoms with Gasteiger partial charge < -0.3 is 9.64 Å². The van der Waals surface area contributed by atoms with Crippen LogP contribution in [0.4, 0.5) is 0 Å². The molecule has 1 atom stereocenters.